The lowest BCUT2D eigenvalue weighted by Gasteiger charge is -2.14. The molecule has 0 heterocycles. The zero-order valence-corrected chi connectivity index (χ0v) is 23.3. The van der Waals surface area contributed by atoms with E-state index in [9.17, 15) is 14.4 Å². The molecular weight excluding hydrogens is 526 g/mol. The number of nitrogens with one attached hydrogen (secondary N) is 3. The Morgan fingerprint density at radius 3 is 2.02 bits per heavy atom. The number of anilines is 1. The third kappa shape index (κ3) is 6.86. The molecule has 0 fully saturated rings. The molecule has 0 bridgehead atoms. The summed E-state index contributed by atoms with van der Waals surface area (Å²) in [5.41, 5.74) is 7.82. The van der Waals surface area contributed by atoms with E-state index in [1.807, 2.05) is 85.8 Å². The maximum Gasteiger partial charge on any atom is 0.407 e. The fourth-order valence-corrected chi connectivity index (χ4v) is 4.94. The monoisotopic (exact) mass is 557 g/mol. The second-order valence-electron chi connectivity index (χ2n) is 9.94. The van der Waals surface area contributed by atoms with Crippen LogP contribution in [0.2, 0.25) is 0 Å². The molecule has 7 heteroatoms. The topological polar surface area (TPSA) is 96.5 Å². The fourth-order valence-electron chi connectivity index (χ4n) is 4.94. The summed E-state index contributed by atoms with van der Waals surface area (Å²) in [6.07, 6.45) is -0.607. The van der Waals surface area contributed by atoms with Crippen molar-refractivity contribution in [1.29, 1.82) is 0 Å². The quantitative estimate of drug-likeness (QED) is 0.254. The Labute approximate surface area is 245 Å². The Bertz CT molecular complexity index is 1640. The van der Waals surface area contributed by atoms with Gasteiger partial charge in [-0.05, 0) is 52.9 Å². The first-order valence-electron chi connectivity index (χ1n) is 13.8. The molecule has 4 aromatic carbocycles. The maximum absolute atomic E-state index is 12.5. The number of carbonyl (C=O) groups is 3. The number of benzene rings is 4. The summed E-state index contributed by atoms with van der Waals surface area (Å²) in [4.78, 5) is 37.1. The summed E-state index contributed by atoms with van der Waals surface area (Å²) in [5.74, 6) is 5.55. The molecule has 0 radical (unpaired) electrons. The molecule has 1 aliphatic carbocycles. The molecule has 0 spiro atoms. The van der Waals surface area contributed by atoms with Gasteiger partial charge >= 0.3 is 6.09 Å². The lowest BCUT2D eigenvalue weighted by molar-refractivity contribution is -0.120. The van der Waals surface area contributed by atoms with Crippen molar-refractivity contribution in [2.75, 3.05) is 25.0 Å². The number of carbonyl (C=O) groups excluding carboxylic acids is 3. The predicted octanol–water partition coefficient (Wildman–Crippen LogP) is 5.38. The second-order valence-corrected chi connectivity index (χ2v) is 9.94. The van der Waals surface area contributed by atoms with Crippen molar-refractivity contribution >= 4 is 23.6 Å². The van der Waals surface area contributed by atoms with Crippen LogP contribution < -0.4 is 16.0 Å². The Morgan fingerprint density at radius 1 is 0.714 bits per heavy atom. The number of amides is 3. The average molecular weight is 558 g/mol. The number of aryl methyl sites for hydroxylation is 1. The molecule has 210 valence electrons. The van der Waals surface area contributed by atoms with Gasteiger partial charge < -0.3 is 20.7 Å². The van der Waals surface area contributed by atoms with Gasteiger partial charge in [0.25, 0.3) is 0 Å². The Balaban J connectivity index is 1.04. The van der Waals surface area contributed by atoms with E-state index in [-0.39, 0.29) is 37.9 Å². The van der Waals surface area contributed by atoms with Crippen LogP contribution in [0.15, 0.2) is 97.1 Å². The highest BCUT2D eigenvalue weighted by atomic mass is 16.5. The molecule has 42 heavy (non-hydrogen) atoms. The van der Waals surface area contributed by atoms with E-state index in [0.29, 0.717) is 11.3 Å². The van der Waals surface area contributed by atoms with Gasteiger partial charge in [0.2, 0.25) is 11.8 Å². The predicted molar refractivity (Wildman–Crippen MR) is 163 cm³/mol. The van der Waals surface area contributed by atoms with E-state index in [0.717, 1.165) is 33.4 Å². The molecule has 4 aromatic rings. The van der Waals surface area contributed by atoms with Crippen LogP contribution in [0.1, 0.15) is 40.2 Å². The first-order chi connectivity index (χ1) is 20.5. The van der Waals surface area contributed by atoms with Crippen LogP contribution in [-0.4, -0.2) is 37.6 Å². The Morgan fingerprint density at radius 2 is 1.31 bits per heavy atom. The largest absolute Gasteiger partial charge is 0.449 e. The van der Waals surface area contributed by atoms with Crippen LogP contribution in [0, 0.1) is 18.8 Å². The molecule has 0 unspecified atom stereocenters. The number of alkyl carbamates (subject to hydrolysis) is 1. The van der Waals surface area contributed by atoms with Crippen molar-refractivity contribution in [3.8, 4) is 23.0 Å². The molecule has 3 amide bonds. The molecule has 1 aliphatic rings. The summed E-state index contributed by atoms with van der Waals surface area (Å²) < 4.78 is 5.46. The number of hydrogen-bond acceptors (Lipinski definition) is 4. The van der Waals surface area contributed by atoms with Gasteiger partial charge in [-0.3, -0.25) is 9.59 Å². The number of fused-ring (bicyclic) bond motifs is 3. The highest BCUT2D eigenvalue weighted by Gasteiger charge is 2.29. The standard InChI is InChI=1S/C35H31N3O4/c1-24-10-2-3-11-25(24)18-19-26-12-4-9-17-32(26)38-33(39)20-21-36-34(40)22-37-35(41)42-23-31-29-15-7-5-13-27(29)28-14-6-8-16-30(28)31/h2-17,31H,20-23H2,1H3,(H,36,40)(H,37,41)(H,38,39). The summed E-state index contributed by atoms with van der Waals surface area (Å²) in [6.45, 7) is 2.03. The third-order valence-corrected chi connectivity index (χ3v) is 7.09. The first-order valence-corrected chi connectivity index (χ1v) is 13.8. The third-order valence-electron chi connectivity index (χ3n) is 7.09. The van der Waals surface area contributed by atoms with E-state index in [4.69, 9.17) is 4.74 Å². The van der Waals surface area contributed by atoms with Crippen LogP contribution in [-0.2, 0) is 14.3 Å². The van der Waals surface area contributed by atoms with Gasteiger partial charge in [-0.2, -0.15) is 0 Å². The Kier molecular flexibility index (Phi) is 8.95. The van der Waals surface area contributed by atoms with Gasteiger partial charge in [-0.15, -0.1) is 0 Å². The second kappa shape index (κ2) is 13.3. The minimum Gasteiger partial charge on any atom is -0.449 e. The van der Waals surface area contributed by atoms with Crippen molar-refractivity contribution in [2.24, 2.45) is 0 Å². The first kappa shape index (κ1) is 28.2. The van der Waals surface area contributed by atoms with Crippen LogP contribution in [0.25, 0.3) is 11.1 Å². The molecule has 5 rings (SSSR count). The zero-order chi connectivity index (χ0) is 29.3. The SMILES string of the molecule is Cc1ccccc1C#Cc1ccccc1NC(=O)CCNC(=O)CNC(=O)OCC1c2ccccc2-c2ccccc21. The van der Waals surface area contributed by atoms with Crippen molar-refractivity contribution in [3.05, 3.63) is 125 Å². The molecule has 0 saturated carbocycles. The molecule has 0 aliphatic heterocycles. The zero-order valence-electron chi connectivity index (χ0n) is 23.3. The number of para-hydroxylation sites is 1. The molecule has 0 aromatic heterocycles. The minimum atomic E-state index is -0.673. The normalized spacial score (nSPS) is 11.4. The highest BCUT2D eigenvalue weighted by Crippen LogP contribution is 2.44. The molecule has 3 N–H and O–H groups in total. The number of ether oxygens (including phenoxy) is 1. The van der Waals surface area contributed by atoms with E-state index in [1.54, 1.807) is 6.07 Å². The summed E-state index contributed by atoms with van der Waals surface area (Å²) >= 11 is 0. The molecule has 7 nitrogen and oxygen atoms in total. The van der Waals surface area contributed by atoms with E-state index in [2.05, 4.69) is 39.9 Å². The maximum atomic E-state index is 12.5. The van der Waals surface area contributed by atoms with Gasteiger partial charge in [0.1, 0.15) is 6.61 Å². The number of rotatable bonds is 8. The van der Waals surface area contributed by atoms with Gasteiger partial charge in [0.05, 0.1) is 12.2 Å². The minimum absolute atomic E-state index is 0.0611. The highest BCUT2D eigenvalue weighted by molar-refractivity contribution is 5.92. The van der Waals surface area contributed by atoms with Crippen molar-refractivity contribution in [1.82, 2.24) is 10.6 Å². The Hall–Kier alpha value is -5.35. The van der Waals surface area contributed by atoms with Gasteiger partial charge in [-0.1, -0.05) is 90.7 Å². The smallest absolute Gasteiger partial charge is 0.407 e. The van der Waals surface area contributed by atoms with E-state index < -0.39 is 12.0 Å². The van der Waals surface area contributed by atoms with Gasteiger partial charge in [0.15, 0.2) is 0 Å². The van der Waals surface area contributed by atoms with Crippen molar-refractivity contribution in [3.63, 3.8) is 0 Å². The average Bonchev–Trinajstić information content (AvgIpc) is 3.33. The number of hydrogen-bond donors (Lipinski definition) is 3. The summed E-state index contributed by atoms with van der Waals surface area (Å²) in [6, 6.07) is 31.3. The lowest BCUT2D eigenvalue weighted by Crippen LogP contribution is -2.38. The fraction of sp³-hybridized carbons (Fsp3) is 0.171. The molecule has 0 saturated heterocycles. The van der Waals surface area contributed by atoms with Gasteiger partial charge in [-0.25, -0.2) is 4.79 Å². The summed E-state index contributed by atoms with van der Waals surface area (Å²) in [7, 11) is 0. The summed E-state index contributed by atoms with van der Waals surface area (Å²) in [5, 5.41) is 7.99. The van der Waals surface area contributed by atoms with Crippen LogP contribution in [0.3, 0.4) is 0 Å². The van der Waals surface area contributed by atoms with Crippen molar-refractivity contribution in [2.45, 2.75) is 19.3 Å². The van der Waals surface area contributed by atoms with E-state index in [1.165, 1.54) is 0 Å². The van der Waals surface area contributed by atoms with Gasteiger partial charge in [0, 0.05) is 30.0 Å². The molecule has 0 atom stereocenters. The van der Waals surface area contributed by atoms with Crippen LogP contribution >= 0.6 is 0 Å². The van der Waals surface area contributed by atoms with Crippen LogP contribution in [0.5, 0.6) is 0 Å². The lowest BCUT2D eigenvalue weighted by atomic mass is 9.98. The van der Waals surface area contributed by atoms with Crippen molar-refractivity contribution < 1.29 is 19.1 Å². The van der Waals surface area contributed by atoms with Crippen LogP contribution in [0.4, 0.5) is 10.5 Å². The molecular formula is C35H31N3O4. The van der Waals surface area contributed by atoms with E-state index >= 15 is 0 Å².